The molecule has 8 heteroatoms. The van der Waals surface area contributed by atoms with Crippen molar-refractivity contribution in [3.8, 4) is 11.5 Å². The average molecular weight is 424 g/mol. The van der Waals surface area contributed by atoms with Crippen LogP contribution in [0.5, 0.6) is 11.5 Å². The molecule has 0 atom stereocenters. The predicted molar refractivity (Wildman–Crippen MR) is 120 cm³/mol. The lowest BCUT2D eigenvalue weighted by atomic mass is 10.1. The highest BCUT2D eigenvalue weighted by Gasteiger charge is 2.11. The number of hydrogen-bond acceptors (Lipinski definition) is 6. The summed E-state index contributed by atoms with van der Waals surface area (Å²) in [6.07, 6.45) is 3.16. The number of methoxy groups -OCH3 is 1. The van der Waals surface area contributed by atoms with E-state index < -0.39 is 0 Å². The van der Waals surface area contributed by atoms with Crippen molar-refractivity contribution < 1.29 is 14.3 Å². The minimum Gasteiger partial charge on any atom is -0.493 e. The molecular formula is C23H29N5O3. The number of hydrogen-bond donors (Lipinski definition) is 1. The Bertz CT molecular complexity index is 954. The SMILES string of the molecule is CCN(CC)CCOc1cc(NC(=O)c2ccc(Cn3cncn3)cc2)ccc1OC. The highest BCUT2D eigenvalue weighted by Crippen LogP contribution is 2.30. The van der Waals surface area contributed by atoms with Gasteiger partial charge in [-0.15, -0.1) is 0 Å². The summed E-state index contributed by atoms with van der Waals surface area (Å²) in [6.45, 7) is 8.18. The Morgan fingerprint density at radius 2 is 1.87 bits per heavy atom. The smallest absolute Gasteiger partial charge is 0.255 e. The van der Waals surface area contributed by atoms with Crippen LogP contribution in [0.15, 0.2) is 55.1 Å². The topological polar surface area (TPSA) is 81.5 Å². The van der Waals surface area contributed by atoms with Gasteiger partial charge in [0, 0.05) is 23.9 Å². The molecule has 1 aromatic heterocycles. The van der Waals surface area contributed by atoms with E-state index in [9.17, 15) is 4.79 Å². The summed E-state index contributed by atoms with van der Waals surface area (Å²) in [7, 11) is 1.60. The lowest BCUT2D eigenvalue weighted by Crippen LogP contribution is -2.28. The molecule has 0 bridgehead atoms. The third-order valence-electron chi connectivity index (χ3n) is 5.01. The van der Waals surface area contributed by atoms with Gasteiger partial charge in [-0.2, -0.15) is 5.10 Å². The van der Waals surface area contributed by atoms with Gasteiger partial charge in [0.15, 0.2) is 11.5 Å². The first-order chi connectivity index (χ1) is 15.1. The lowest BCUT2D eigenvalue weighted by molar-refractivity contribution is 0.102. The fourth-order valence-corrected chi connectivity index (χ4v) is 3.16. The quantitative estimate of drug-likeness (QED) is 0.510. The van der Waals surface area contributed by atoms with Crippen molar-refractivity contribution in [3.63, 3.8) is 0 Å². The minimum atomic E-state index is -0.188. The van der Waals surface area contributed by atoms with Crippen LogP contribution < -0.4 is 14.8 Å². The largest absolute Gasteiger partial charge is 0.493 e. The van der Waals surface area contributed by atoms with E-state index in [1.54, 1.807) is 48.5 Å². The molecule has 0 saturated heterocycles. The van der Waals surface area contributed by atoms with Crippen molar-refractivity contribution in [2.75, 3.05) is 38.7 Å². The zero-order valence-electron chi connectivity index (χ0n) is 18.2. The number of nitrogens with one attached hydrogen (secondary N) is 1. The number of nitrogens with zero attached hydrogens (tertiary/aromatic N) is 4. The van der Waals surface area contributed by atoms with Crippen LogP contribution in [0.4, 0.5) is 5.69 Å². The predicted octanol–water partition coefficient (Wildman–Crippen LogP) is 3.31. The van der Waals surface area contributed by atoms with E-state index in [2.05, 4.69) is 34.1 Å². The molecule has 1 N–H and O–H groups in total. The summed E-state index contributed by atoms with van der Waals surface area (Å²) >= 11 is 0. The highest BCUT2D eigenvalue weighted by molar-refractivity contribution is 6.04. The van der Waals surface area contributed by atoms with E-state index in [1.807, 2.05) is 12.1 Å². The van der Waals surface area contributed by atoms with Crippen LogP contribution in [0.2, 0.25) is 0 Å². The first kappa shape index (κ1) is 22.3. The minimum absolute atomic E-state index is 0.188. The van der Waals surface area contributed by atoms with Crippen molar-refractivity contribution in [2.45, 2.75) is 20.4 Å². The van der Waals surface area contributed by atoms with Gasteiger partial charge in [-0.3, -0.25) is 4.79 Å². The van der Waals surface area contributed by atoms with E-state index in [1.165, 1.54) is 6.33 Å². The molecule has 3 aromatic rings. The zero-order chi connectivity index (χ0) is 22.1. The van der Waals surface area contributed by atoms with Crippen LogP contribution >= 0.6 is 0 Å². The average Bonchev–Trinajstić information content (AvgIpc) is 3.30. The number of ether oxygens (including phenoxy) is 2. The third-order valence-corrected chi connectivity index (χ3v) is 5.01. The molecule has 2 aromatic carbocycles. The van der Waals surface area contributed by atoms with Gasteiger partial charge in [-0.25, -0.2) is 9.67 Å². The van der Waals surface area contributed by atoms with Crippen molar-refractivity contribution >= 4 is 11.6 Å². The number of likely N-dealkylation sites (N-methyl/N-ethyl adjacent to an activating group) is 1. The Morgan fingerprint density at radius 3 is 2.52 bits per heavy atom. The fourth-order valence-electron chi connectivity index (χ4n) is 3.16. The third kappa shape index (κ3) is 6.29. The summed E-state index contributed by atoms with van der Waals surface area (Å²) < 4.78 is 13.0. The second-order valence-electron chi connectivity index (χ2n) is 6.99. The van der Waals surface area contributed by atoms with Crippen LogP contribution in [0.25, 0.3) is 0 Å². The van der Waals surface area contributed by atoms with Crippen LogP contribution in [-0.2, 0) is 6.54 Å². The van der Waals surface area contributed by atoms with Crippen LogP contribution in [0.1, 0.15) is 29.8 Å². The Morgan fingerprint density at radius 1 is 1.10 bits per heavy atom. The number of carbonyl (C=O) groups is 1. The van der Waals surface area contributed by atoms with Gasteiger partial charge in [0.1, 0.15) is 19.3 Å². The number of anilines is 1. The lowest BCUT2D eigenvalue weighted by Gasteiger charge is -2.19. The maximum absolute atomic E-state index is 12.7. The van der Waals surface area contributed by atoms with Gasteiger partial charge in [-0.1, -0.05) is 26.0 Å². The maximum Gasteiger partial charge on any atom is 0.255 e. The molecule has 164 valence electrons. The van der Waals surface area contributed by atoms with E-state index in [0.29, 0.717) is 35.9 Å². The molecule has 31 heavy (non-hydrogen) atoms. The molecular weight excluding hydrogens is 394 g/mol. The van der Waals surface area contributed by atoms with Crippen LogP contribution in [0.3, 0.4) is 0 Å². The Hall–Kier alpha value is -3.39. The first-order valence-corrected chi connectivity index (χ1v) is 10.4. The van der Waals surface area contributed by atoms with E-state index in [-0.39, 0.29) is 5.91 Å². The van der Waals surface area contributed by atoms with Crippen molar-refractivity contribution in [1.82, 2.24) is 19.7 Å². The molecule has 3 rings (SSSR count). The monoisotopic (exact) mass is 423 g/mol. The number of aromatic nitrogens is 3. The second kappa shape index (κ2) is 11.1. The normalized spacial score (nSPS) is 10.8. The van der Waals surface area contributed by atoms with Gasteiger partial charge in [0.25, 0.3) is 5.91 Å². The molecule has 0 saturated carbocycles. The molecule has 0 fully saturated rings. The summed E-state index contributed by atoms with van der Waals surface area (Å²) in [5, 5.41) is 7.01. The van der Waals surface area contributed by atoms with Crippen LogP contribution in [0, 0.1) is 0 Å². The van der Waals surface area contributed by atoms with Crippen molar-refractivity contribution in [3.05, 3.63) is 66.2 Å². The zero-order valence-corrected chi connectivity index (χ0v) is 18.2. The Balaban J connectivity index is 1.62. The summed E-state index contributed by atoms with van der Waals surface area (Å²) in [5.41, 5.74) is 2.26. The van der Waals surface area contributed by atoms with Gasteiger partial charge < -0.3 is 19.7 Å². The molecule has 0 radical (unpaired) electrons. The number of benzene rings is 2. The molecule has 0 aliphatic carbocycles. The van der Waals surface area contributed by atoms with Crippen molar-refractivity contribution in [2.24, 2.45) is 0 Å². The fraction of sp³-hybridized carbons (Fsp3) is 0.348. The maximum atomic E-state index is 12.7. The molecule has 0 spiro atoms. The highest BCUT2D eigenvalue weighted by atomic mass is 16.5. The molecule has 0 aliphatic heterocycles. The van der Waals surface area contributed by atoms with Gasteiger partial charge in [-0.05, 0) is 42.9 Å². The van der Waals surface area contributed by atoms with Crippen LogP contribution in [-0.4, -0.2) is 58.9 Å². The Kier molecular flexibility index (Phi) is 8.00. The molecule has 0 aliphatic rings. The number of rotatable bonds is 11. The summed E-state index contributed by atoms with van der Waals surface area (Å²) in [5.74, 6) is 1.05. The van der Waals surface area contributed by atoms with E-state index in [4.69, 9.17) is 9.47 Å². The molecule has 8 nitrogen and oxygen atoms in total. The van der Waals surface area contributed by atoms with E-state index in [0.717, 1.165) is 25.2 Å². The summed E-state index contributed by atoms with van der Waals surface area (Å²) in [4.78, 5) is 18.9. The number of amides is 1. The molecule has 0 unspecified atom stereocenters. The van der Waals surface area contributed by atoms with Gasteiger partial charge >= 0.3 is 0 Å². The van der Waals surface area contributed by atoms with Gasteiger partial charge in [0.05, 0.1) is 13.7 Å². The van der Waals surface area contributed by atoms with Crippen molar-refractivity contribution in [1.29, 1.82) is 0 Å². The second-order valence-corrected chi connectivity index (χ2v) is 6.99. The number of carbonyl (C=O) groups excluding carboxylic acids is 1. The molecule has 1 heterocycles. The Labute approximate surface area is 182 Å². The van der Waals surface area contributed by atoms with E-state index >= 15 is 0 Å². The summed E-state index contributed by atoms with van der Waals surface area (Å²) in [6, 6.07) is 12.8. The van der Waals surface area contributed by atoms with Gasteiger partial charge in [0.2, 0.25) is 0 Å². The first-order valence-electron chi connectivity index (χ1n) is 10.4. The molecule has 1 amide bonds. The standard InChI is InChI=1S/C23H29N5O3/c1-4-27(5-2)12-13-31-22-14-20(10-11-21(22)30-3)26-23(29)19-8-6-18(7-9-19)15-28-17-24-16-25-28/h6-11,14,16-17H,4-5,12-13,15H2,1-3H3,(H,26,29).